The molecule has 0 aromatic heterocycles. The second-order valence-electron chi connectivity index (χ2n) is 5.64. The van der Waals surface area contributed by atoms with E-state index in [2.05, 4.69) is 11.9 Å². The van der Waals surface area contributed by atoms with Gasteiger partial charge in [0.05, 0.1) is 25.0 Å². The van der Waals surface area contributed by atoms with E-state index in [4.69, 9.17) is 4.74 Å². The number of hydrogen-bond donors (Lipinski definition) is 2. The lowest BCUT2D eigenvalue weighted by molar-refractivity contribution is -0.147. The molecule has 2 N–H and O–H groups in total. The number of allylic oxidation sites excluding steroid dienone is 2. The molecule has 1 fully saturated rings. The van der Waals surface area contributed by atoms with Crippen molar-refractivity contribution in [2.24, 2.45) is 23.7 Å². The molecule has 110 valence electrons. The van der Waals surface area contributed by atoms with Crippen molar-refractivity contribution in [3.05, 3.63) is 24.3 Å². The van der Waals surface area contributed by atoms with Gasteiger partial charge in [0.1, 0.15) is 0 Å². The van der Waals surface area contributed by atoms with Crippen LogP contribution in [0.25, 0.3) is 0 Å². The lowest BCUT2D eigenvalue weighted by Crippen LogP contribution is -2.41. The van der Waals surface area contributed by atoms with E-state index in [1.807, 2.05) is 19.1 Å². The Bertz CT molecular complexity index is 443. The summed E-state index contributed by atoms with van der Waals surface area (Å²) in [6.45, 7) is 6.88. The van der Waals surface area contributed by atoms with E-state index in [1.54, 1.807) is 0 Å². The summed E-state index contributed by atoms with van der Waals surface area (Å²) in [5, 5.41) is 12.1. The third-order valence-electron chi connectivity index (χ3n) is 3.94. The van der Waals surface area contributed by atoms with Crippen molar-refractivity contribution in [2.75, 3.05) is 19.8 Å². The molecule has 5 nitrogen and oxygen atoms in total. The highest BCUT2D eigenvalue weighted by Crippen LogP contribution is 2.48. The molecular formula is C15H21NO4. The molecule has 2 rings (SSSR count). The van der Waals surface area contributed by atoms with Crippen LogP contribution in [0.15, 0.2) is 24.3 Å². The Balaban J connectivity index is 1.81. The van der Waals surface area contributed by atoms with Crippen LogP contribution in [0.1, 0.15) is 13.3 Å². The SMILES string of the molecule is C=C(C)COCCNC(=O)[C@H]1C2C=CC(C2)[C@H]1C(=O)O. The molecule has 0 saturated heterocycles. The zero-order valence-corrected chi connectivity index (χ0v) is 11.7. The zero-order chi connectivity index (χ0) is 14.7. The number of carbonyl (C=O) groups excluding carboxylic acids is 1. The Kier molecular flexibility index (Phi) is 4.60. The molecule has 2 bridgehead atoms. The first-order valence-electron chi connectivity index (χ1n) is 6.91. The molecule has 2 aliphatic carbocycles. The fourth-order valence-electron chi connectivity index (χ4n) is 3.13. The van der Waals surface area contributed by atoms with Gasteiger partial charge < -0.3 is 15.2 Å². The van der Waals surface area contributed by atoms with E-state index in [9.17, 15) is 14.7 Å². The molecule has 0 aromatic carbocycles. The van der Waals surface area contributed by atoms with Gasteiger partial charge in [-0.25, -0.2) is 0 Å². The zero-order valence-electron chi connectivity index (χ0n) is 11.7. The molecule has 0 radical (unpaired) electrons. The summed E-state index contributed by atoms with van der Waals surface area (Å²) in [4.78, 5) is 23.5. The maximum absolute atomic E-state index is 12.2. The van der Waals surface area contributed by atoms with Crippen molar-refractivity contribution in [3.63, 3.8) is 0 Å². The Morgan fingerprint density at radius 1 is 1.35 bits per heavy atom. The second-order valence-corrected chi connectivity index (χ2v) is 5.64. The van der Waals surface area contributed by atoms with E-state index in [0.29, 0.717) is 19.8 Å². The Morgan fingerprint density at radius 3 is 2.60 bits per heavy atom. The fraction of sp³-hybridized carbons (Fsp3) is 0.600. The van der Waals surface area contributed by atoms with Gasteiger partial charge in [-0.3, -0.25) is 9.59 Å². The molecular weight excluding hydrogens is 258 g/mol. The largest absolute Gasteiger partial charge is 0.481 e. The van der Waals surface area contributed by atoms with Gasteiger partial charge in [0.15, 0.2) is 0 Å². The van der Waals surface area contributed by atoms with Crippen LogP contribution in [0.3, 0.4) is 0 Å². The van der Waals surface area contributed by atoms with Crippen LogP contribution >= 0.6 is 0 Å². The number of hydrogen-bond acceptors (Lipinski definition) is 3. The van der Waals surface area contributed by atoms with Gasteiger partial charge in [0.25, 0.3) is 0 Å². The maximum Gasteiger partial charge on any atom is 0.307 e. The lowest BCUT2D eigenvalue weighted by Gasteiger charge is -2.23. The summed E-state index contributed by atoms with van der Waals surface area (Å²) in [5.74, 6) is -2.00. The minimum absolute atomic E-state index is 0.00733. The number of carbonyl (C=O) groups is 2. The van der Waals surface area contributed by atoms with Crippen molar-refractivity contribution >= 4 is 11.9 Å². The first kappa shape index (κ1) is 14.8. The quantitative estimate of drug-likeness (QED) is 0.542. The van der Waals surface area contributed by atoms with Gasteiger partial charge in [-0.1, -0.05) is 24.3 Å². The summed E-state index contributed by atoms with van der Waals surface area (Å²) >= 11 is 0. The monoisotopic (exact) mass is 279 g/mol. The van der Waals surface area contributed by atoms with Gasteiger partial charge in [0.2, 0.25) is 5.91 Å². The summed E-state index contributed by atoms with van der Waals surface area (Å²) in [7, 11) is 0. The van der Waals surface area contributed by atoms with Gasteiger partial charge in [-0.2, -0.15) is 0 Å². The second kappa shape index (κ2) is 6.22. The molecule has 20 heavy (non-hydrogen) atoms. The highest BCUT2D eigenvalue weighted by Gasteiger charge is 2.51. The fourth-order valence-corrected chi connectivity index (χ4v) is 3.13. The molecule has 0 spiro atoms. The van der Waals surface area contributed by atoms with Crippen LogP contribution in [0.5, 0.6) is 0 Å². The van der Waals surface area contributed by atoms with Crippen molar-refractivity contribution in [1.82, 2.24) is 5.32 Å². The van der Waals surface area contributed by atoms with E-state index in [-0.39, 0.29) is 17.7 Å². The van der Waals surface area contributed by atoms with Crippen LogP contribution in [-0.2, 0) is 14.3 Å². The highest BCUT2D eigenvalue weighted by molar-refractivity contribution is 5.86. The molecule has 0 aromatic rings. The molecule has 4 atom stereocenters. The summed E-state index contributed by atoms with van der Waals surface area (Å²) in [6.07, 6.45) is 4.69. The first-order chi connectivity index (χ1) is 9.50. The number of rotatable bonds is 7. The van der Waals surface area contributed by atoms with Crippen LogP contribution in [0.2, 0.25) is 0 Å². The summed E-state index contributed by atoms with van der Waals surface area (Å²) in [6, 6.07) is 0. The molecule has 0 aliphatic heterocycles. The van der Waals surface area contributed by atoms with Gasteiger partial charge in [-0.15, -0.1) is 0 Å². The number of fused-ring (bicyclic) bond motifs is 2. The number of aliphatic carboxylic acids is 1. The minimum atomic E-state index is -0.875. The van der Waals surface area contributed by atoms with Crippen molar-refractivity contribution in [2.45, 2.75) is 13.3 Å². The van der Waals surface area contributed by atoms with E-state index < -0.39 is 17.8 Å². The predicted molar refractivity (Wildman–Crippen MR) is 74.0 cm³/mol. The van der Waals surface area contributed by atoms with Crippen LogP contribution in [0, 0.1) is 23.7 Å². The molecule has 1 amide bonds. The summed E-state index contributed by atoms with van der Waals surface area (Å²) < 4.78 is 5.30. The van der Waals surface area contributed by atoms with Crippen LogP contribution in [-0.4, -0.2) is 36.7 Å². The third-order valence-corrected chi connectivity index (χ3v) is 3.94. The Hall–Kier alpha value is -1.62. The third kappa shape index (κ3) is 3.10. The van der Waals surface area contributed by atoms with Crippen LogP contribution in [0.4, 0.5) is 0 Å². The van der Waals surface area contributed by atoms with Gasteiger partial charge in [0, 0.05) is 6.54 Å². The normalized spacial score (nSPS) is 30.4. The molecule has 0 heterocycles. The average molecular weight is 279 g/mol. The van der Waals surface area contributed by atoms with Crippen molar-refractivity contribution in [1.29, 1.82) is 0 Å². The van der Waals surface area contributed by atoms with E-state index in [0.717, 1.165) is 12.0 Å². The van der Waals surface area contributed by atoms with Gasteiger partial charge in [-0.05, 0) is 25.2 Å². The standard InChI is InChI=1S/C15H21NO4/c1-9(2)8-20-6-5-16-14(17)12-10-3-4-11(7-10)13(12)15(18)19/h3-4,10-13H,1,5-8H2,2H3,(H,16,17)(H,18,19)/t10?,11?,12-,13+/m0/s1. The Labute approximate surface area is 118 Å². The first-order valence-corrected chi connectivity index (χ1v) is 6.91. The number of carboxylic acid groups (broad SMARTS) is 1. The summed E-state index contributed by atoms with van der Waals surface area (Å²) in [5.41, 5.74) is 0.931. The molecule has 2 unspecified atom stereocenters. The minimum Gasteiger partial charge on any atom is -0.481 e. The molecule has 5 heteroatoms. The lowest BCUT2D eigenvalue weighted by atomic mass is 9.82. The van der Waals surface area contributed by atoms with Crippen LogP contribution < -0.4 is 5.32 Å². The smallest absolute Gasteiger partial charge is 0.307 e. The maximum atomic E-state index is 12.2. The van der Waals surface area contributed by atoms with E-state index >= 15 is 0 Å². The van der Waals surface area contributed by atoms with Crippen molar-refractivity contribution < 1.29 is 19.4 Å². The highest BCUT2D eigenvalue weighted by atomic mass is 16.5. The van der Waals surface area contributed by atoms with E-state index in [1.165, 1.54) is 0 Å². The number of carboxylic acids is 1. The number of amides is 1. The van der Waals surface area contributed by atoms with Crippen molar-refractivity contribution in [3.8, 4) is 0 Å². The Morgan fingerprint density at radius 2 is 2.00 bits per heavy atom. The number of ether oxygens (including phenoxy) is 1. The molecule has 1 saturated carbocycles. The topological polar surface area (TPSA) is 75.6 Å². The average Bonchev–Trinajstić information content (AvgIpc) is 2.97. The number of nitrogens with one attached hydrogen (secondary N) is 1. The predicted octanol–water partition coefficient (Wildman–Crippen LogP) is 1.22. The molecule has 2 aliphatic rings. The van der Waals surface area contributed by atoms with Gasteiger partial charge >= 0.3 is 5.97 Å².